The monoisotopic (exact) mass is 336 g/mol. The van der Waals surface area contributed by atoms with Crippen molar-refractivity contribution in [2.24, 2.45) is 0 Å². The van der Waals surface area contributed by atoms with Gasteiger partial charge in [0.1, 0.15) is 28.8 Å². The fourth-order valence-electron chi connectivity index (χ4n) is 2.13. The summed E-state index contributed by atoms with van der Waals surface area (Å²) in [5, 5.41) is 9.77. The molecule has 0 aliphatic rings. The Morgan fingerprint density at radius 1 is 1.25 bits per heavy atom. The van der Waals surface area contributed by atoms with Gasteiger partial charge in [-0.2, -0.15) is 5.26 Å². The maximum atomic E-state index is 12.1. The molecule has 24 heavy (non-hydrogen) atoms. The molecular formula is C17H12N4O2S. The van der Waals surface area contributed by atoms with E-state index in [1.54, 1.807) is 49.0 Å². The second kappa shape index (κ2) is 6.98. The number of para-hydroxylation sites is 1. The number of aromatic nitrogens is 3. The number of nitriles is 1. The zero-order chi connectivity index (χ0) is 16.9. The predicted molar refractivity (Wildman–Crippen MR) is 91.1 cm³/mol. The smallest absolute Gasteiger partial charge is 0.270 e. The van der Waals surface area contributed by atoms with E-state index in [1.807, 2.05) is 12.1 Å². The lowest BCUT2D eigenvalue weighted by Gasteiger charge is -2.11. The number of hydrogen-bond donors (Lipinski definition) is 1. The Kier molecular flexibility index (Phi) is 4.59. The number of rotatable bonds is 4. The highest BCUT2D eigenvalue weighted by atomic mass is 32.2. The summed E-state index contributed by atoms with van der Waals surface area (Å²) in [5.74, 6) is 1.05. The highest BCUT2D eigenvalue weighted by Crippen LogP contribution is 2.33. The molecule has 3 aromatic rings. The predicted octanol–water partition coefficient (Wildman–Crippen LogP) is 3.22. The van der Waals surface area contributed by atoms with Gasteiger partial charge in [0.05, 0.1) is 6.20 Å². The van der Waals surface area contributed by atoms with Gasteiger partial charge in [-0.1, -0.05) is 23.9 Å². The number of benzene rings is 1. The van der Waals surface area contributed by atoms with Crippen LogP contribution in [0.15, 0.2) is 58.7 Å². The van der Waals surface area contributed by atoms with Crippen molar-refractivity contribution in [1.82, 2.24) is 15.0 Å². The molecule has 0 saturated heterocycles. The first kappa shape index (κ1) is 15.8. The first-order chi connectivity index (χ1) is 11.7. The highest BCUT2D eigenvalue weighted by Gasteiger charge is 2.17. The van der Waals surface area contributed by atoms with E-state index in [-0.39, 0.29) is 5.56 Å². The molecule has 0 saturated carbocycles. The van der Waals surface area contributed by atoms with Crippen molar-refractivity contribution in [2.75, 3.05) is 6.26 Å². The van der Waals surface area contributed by atoms with Crippen LogP contribution in [-0.2, 0) is 0 Å². The van der Waals surface area contributed by atoms with Crippen LogP contribution in [0.1, 0.15) is 5.56 Å². The number of nitrogens with one attached hydrogen (secondary N) is 1. The van der Waals surface area contributed by atoms with Crippen LogP contribution in [0, 0.1) is 11.3 Å². The Morgan fingerprint density at radius 3 is 2.79 bits per heavy atom. The molecule has 0 aliphatic carbocycles. The van der Waals surface area contributed by atoms with Crippen molar-refractivity contribution >= 4 is 11.8 Å². The molecule has 0 radical (unpaired) electrons. The van der Waals surface area contributed by atoms with Crippen molar-refractivity contribution in [2.45, 2.75) is 5.16 Å². The third kappa shape index (κ3) is 3.14. The summed E-state index contributed by atoms with van der Waals surface area (Å²) in [4.78, 5) is 23.1. The van der Waals surface area contributed by atoms with Crippen LogP contribution in [0.5, 0.6) is 11.5 Å². The Labute approximate surface area is 142 Å². The van der Waals surface area contributed by atoms with Gasteiger partial charge in [0.25, 0.3) is 5.56 Å². The molecule has 0 fully saturated rings. The van der Waals surface area contributed by atoms with Gasteiger partial charge >= 0.3 is 0 Å². The number of pyridine rings is 1. The summed E-state index contributed by atoms with van der Waals surface area (Å²) in [7, 11) is 0. The van der Waals surface area contributed by atoms with Gasteiger partial charge in [-0.15, -0.1) is 0 Å². The van der Waals surface area contributed by atoms with Crippen LogP contribution < -0.4 is 10.3 Å². The molecule has 2 heterocycles. The Balaban J connectivity index is 2.16. The second-order valence-corrected chi connectivity index (χ2v) is 5.49. The van der Waals surface area contributed by atoms with E-state index in [4.69, 9.17) is 4.74 Å². The van der Waals surface area contributed by atoms with Crippen LogP contribution in [0.25, 0.3) is 11.3 Å². The number of aromatic amines is 1. The third-order valence-electron chi connectivity index (χ3n) is 3.21. The van der Waals surface area contributed by atoms with E-state index < -0.39 is 5.56 Å². The molecule has 1 aromatic carbocycles. The van der Waals surface area contributed by atoms with Gasteiger partial charge in [-0.25, -0.2) is 4.98 Å². The molecule has 118 valence electrons. The lowest BCUT2D eigenvalue weighted by Crippen LogP contribution is -2.14. The normalized spacial score (nSPS) is 10.2. The first-order valence-corrected chi connectivity index (χ1v) is 8.21. The minimum absolute atomic E-state index is 0.0463. The van der Waals surface area contributed by atoms with E-state index in [1.165, 1.54) is 11.8 Å². The zero-order valence-corrected chi connectivity index (χ0v) is 13.5. The first-order valence-electron chi connectivity index (χ1n) is 6.98. The fourth-order valence-corrected chi connectivity index (χ4v) is 2.51. The van der Waals surface area contributed by atoms with Crippen molar-refractivity contribution < 1.29 is 4.74 Å². The molecule has 0 unspecified atom stereocenters. The lowest BCUT2D eigenvalue weighted by atomic mass is 10.1. The molecule has 0 bridgehead atoms. The molecule has 6 nitrogen and oxygen atoms in total. The van der Waals surface area contributed by atoms with Crippen molar-refractivity contribution in [3.8, 4) is 28.8 Å². The van der Waals surface area contributed by atoms with Gasteiger partial charge in [0.2, 0.25) is 0 Å². The van der Waals surface area contributed by atoms with Crippen LogP contribution in [0.3, 0.4) is 0 Å². The summed E-state index contributed by atoms with van der Waals surface area (Å²) < 4.78 is 5.85. The number of hydrogen-bond acceptors (Lipinski definition) is 6. The fraction of sp³-hybridized carbons (Fsp3) is 0.0588. The number of ether oxygens (including phenoxy) is 1. The largest absolute Gasteiger partial charge is 0.455 e. The van der Waals surface area contributed by atoms with Crippen molar-refractivity contribution in [3.63, 3.8) is 0 Å². The summed E-state index contributed by atoms with van der Waals surface area (Å²) in [5.41, 5.74) is 0.350. The minimum atomic E-state index is -0.469. The zero-order valence-electron chi connectivity index (χ0n) is 12.7. The number of thioether (sulfide) groups is 1. The summed E-state index contributed by atoms with van der Waals surface area (Å²) in [6.45, 7) is 0. The molecule has 2 aromatic heterocycles. The van der Waals surface area contributed by atoms with Crippen LogP contribution in [-0.4, -0.2) is 21.2 Å². The van der Waals surface area contributed by atoms with E-state index in [0.29, 0.717) is 27.9 Å². The average Bonchev–Trinajstić information content (AvgIpc) is 2.62. The summed E-state index contributed by atoms with van der Waals surface area (Å²) in [6, 6.07) is 12.6. The second-order valence-electron chi connectivity index (χ2n) is 4.70. The molecule has 0 aliphatic heterocycles. The van der Waals surface area contributed by atoms with E-state index in [9.17, 15) is 10.1 Å². The van der Waals surface area contributed by atoms with Crippen molar-refractivity contribution in [3.05, 3.63) is 64.7 Å². The number of H-pyrrole nitrogens is 1. The van der Waals surface area contributed by atoms with Crippen LogP contribution in [0.4, 0.5) is 0 Å². The standard InChI is InChI=1S/C17H12N4O2S/c1-24-17-20-15(13(9-18)16(22)21-17)12-6-2-3-7-14(12)23-11-5-4-8-19-10-11/h2-8,10H,1H3,(H,20,21,22). The van der Waals surface area contributed by atoms with E-state index in [0.717, 1.165) is 0 Å². The third-order valence-corrected chi connectivity index (χ3v) is 3.79. The lowest BCUT2D eigenvalue weighted by molar-refractivity contribution is 0.482. The molecule has 7 heteroatoms. The molecule has 0 spiro atoms. The maximum absolute atomic E-state index is 12.1. The van der Waals surface area contributed by atoms with Crippen LogP contribution in [0.2, 0.25) is 0 Å². The molecular weight excluding hydrogens is 324 g/mol. The SMILES string of the molecule is CSc1nc(-c2ccccc2Oc2cccnc2)c(C#N)c(=O)[nH]1. The molecule has 0 atom stereocenters. The van der Waals surface area contributed by atoms with Crippen LogP contribution >= 0.6 is 11.8 Å². The average molecular weight is 336 g/mol. The van der Waals surface area contributed by atoms with Gasteiger partial charge < -0.3 is 9.72 Å². The highest BCUT2D eigenvalue weighted by molar-refractivity contribution is 7.98. The van der Waals surface area contributed by atoms with Gasteiger partial charge in [0.15, 0.2) is 5.16 Å². The molecule has 1 N–H and O–H groups in total. The molecule has 0 amide bonds. The Hall–Kier alpha value is -3.11. The Bertz CT molecular complexity index is 964. The number of nitrogens with zero attached hydrogens (tertiary/aromatic N) is 3. The maximum Gasteiger partial charge on any atom is 0.270 e. The quantitative estimate of drug-likeness (QED) is 0.581. The molecule has 3 rings (SSSR count). The summed E-state index contributed by atoms with van der Waals surface area (Å²) in [6.07, 6.45) is 5.03. The van der Waals surface area contributed by atoms with E-state index >= 15 is 0 Å². The topological polar surface area (TPSA) is 91.7 Å². The van der Waals surface area contributed by atoms with Gasteiger partial charge in [-0.3, -0.25) is 9.78 Å². The Morgan fingerprint density at radius 2 is 2.08 bits per heavy atom. The van der Waals surface area contributed by atoms with Crippen molar-refractivity contribution in [1.29, 1.82) is 5.26 Å². The van der Waals surface area contributed by atoms with Gasteiger partial charge in [0, 0.05) is 11.8 Å². The van der Waals surface area contributed by atoms with E-state index in [2.05, 4.69) is 15.0 Å². The summed E-state index contributed by atoms with van der Waals surface area (Å²) >= 11 is 1.29. The minimum Gasteiger partial charge on any atom is -0.455 e. The van der Waals surface area contributed by atoms with Gasteiger partial charge in [-0.05, 0) is 30.5 Å².